The van der Waals surface area contributed by atoms with Crippen LogP contribution >= 0.6 is 0 Å². The molecule has 192 valence electrons. The summed E-state index contributed by atoms with van der Waals surface area (Å²) in [5.41, 5.74) is 4.63. The maximum absolute atomic E-state index is 14.5. The van der Waals surface area contributed by atoms with Gasteiger partial charge in [-0.05, 0) is 49.4 Å². The number of nitrogen functional groups attached to an aromatic ring is 1. The highest BCUT2D eigenvalue weighted by molar-refractivity contribution is 6.05. The third-order valence-electron chi connectivity index (χ3n) is 5.76. The predicted octanol–water partition coefficient (Wildman–Crippen LogP) is 4.34. The molecule has 2 heterocycles. The molecule has 1 saturated heterocycles. The molecular weight excluding hydrogens is 490 g/mol. The fourth-order valence-electron chi connectivity index (χ4n) is 3.78. The Morgan fingerprint density at radius 3 is 2.57 bits per heavy atom. The second kappa shape index (κ2) is 10.8. The van der Waals surface area contributed by atoms with Gasteiger partial charge in [0, 0.05) is 31.0 Å². The lowest BCUT2D eigenvalue weighted by atomic mass is 10.1. The maximum atomic E-state index is 14.5. The van der Waals surface area contributed by atoms with Crippen molar-refractivity contribution < 1.29 is 27.1 Å². The molecule has 3 aromatic rings. The van der Waals surface area contributed by atoms with Gasteiger partial charge in [0.05, 0.1) is 22.4 Å². The number of ether oxygens (including phenoxy) is 1. The van der Waals surface area contributed by atoms with Gasteiger partial charge in [-0.1, -0.05) is 18.8 Å². The molecule has 0 saturated carbocycles. The summed E-state index contributed by atoms with van der Waals surface area (Å²) in [6, 6.07) is 6.47. The minimum Gasteiger partial charge on any atom is -0.487 e. The van der Waals surface area contributed by atoms with Crippen LogP contribution in [0.3, 0.4) is 0 Å². The first kappa shape index (κ1) is 25.9. The third kappa shape index (κ3) is 6.54. The third-order valence-corrected chi connectivity index (χ3v) is 5.76. The summed E-state index contributed by atoms with van der Waals surface area (Å²) in [6.45, 7) is 4.23. The van der Waals surface area contributed by atoms with Crippen LogP contribution in [0, 0.1) is 17.7 Å². The topological polar surface area (TPSA) is 93.4 Å². The molecule has 11 heteroatoms. The first-order valence-electron chi connectivity index (χ1n) is 11.4. The van der Waals surface area contributed by atoms with Crippen molar-refractivity contribution in [1.82, 2.24) is 14.9 Å². The van der Waals surface area contributed by atoms with Gasteiger partial charge in [0.1, 0.15) is 17.7 Å². The van der Waals surface area contributed by atoms with Crippen LogP contribution in [0.5, 0.6) is 5.75 Å². The number of hydrogen-bond acceptors (Lipinski definition) is 6. The largest absolute Gasteiger partial charge is 0.487 e. The van der Waals surface area contributed by atoms with Gasteiger partial charge in [-0.15, -0.1) is 0 Å². The van der Waals surface area contributed by atoms with E-state index in [4.69, 9.17) is 10.5 Å². The Morgan fingerprint density at radius 2 is 1.89 bits per heavy atom. The number of carbonyl (C=O) groups is 1. The van der Waals surface area contributed by atoms with Crippen LogP contribution < -0.4 is 15.8 Å². The van der Waals surface area contributed by atoms with Crippen molar-refractivity contribution in [3.8, 4) is 17.6 Å². The smallest absolute Gasteiger partial charge is 0.416 e. The summed E-state index contributed by atoms with van der Waals surface area (Å²) < 4.78 is 60.6. The highest BCUT2D eigenvalue weighted by Gasteiger charge is 2.32. The number of rotatable bonds is 5. The van der Waals surface area contributed by atoms with E-state index in [1.807, 2.05) is 6.92 Å². The standard InChI is InChI=1S/C26H23F4N5O2/c1-2-35-10-9-19(15-35)37-23-8-6-18(26(28,29)30)12-22(23)34-24(36)20-11-16(5-7-21(20)27)3-4-17-13-32-25(31)33-14-17/h5-8,11-14,19H,2,9-10,15H2,1H3,(H,34,36)(H2,31,32,33)/t19-/m0/s1. The van der Waals surface area contributed by atoms with Gasteiger partial charge < -0.3 is 15.8 Å². The number of nitrogens with two attached hydrogens (primary N) is 1. The van der Waals surface area contributed by atoms with Gasteiger partial charge in [-0.2, -0.15) is 13.2 Å². The number of nitrogens with zero attached hydrogens (tertiary/aromatic N) is 3. The average Bonchev–Trinajstić information content (AvgIpc) is 3.32. The number of likely N-dealkylation sites (tertiary alicyclic amines) is 1. The predicted molar refractivity (Wildman–Crippen MR) is 129 cm³/mol. The number of nitrogens with one attached hydrogen (secondary N) is 1. The molecule has 37 heavy (non-hydrogen) atoms. The zero-order valence-corrected chi connectivity index (χ0v) is 19.8. The molecule has 7 nitrogen and oxygen atoms in total. The van der Waals surface area contributed by atoms with E-state index < -0.39 is 23.5 Å². The van der Waals surface area contributed by atoms with Crippen molar-refractivity contribution in [2.75, 3.05) is 30.7 Å². The summed E-state index contributed by atoms with van der Waals surface area (Å²) >= 11 is 0. The lowest BCUT2D eigenvalue weighted by molar-refractivity contribution is -0.137. The van der Waals surface area contributed by atoms with Gasteiger partial charge in [0.2, 0.25) is 5.95 Å². The Bertz CT molecular complexity index is 1350. The number of anilines is 2. The molecule has 1 aliphatic rings. The summed E-state index contributed by atoms with van der Waals surface area (Å²) in [5.74, 6) is 3.90. The lowest BCUT2D eigenvalue weighted by Gasteiger charge is -2.19. The molecular formula is C26H23F4N5O2. The zero-order valence-electron chi connectivity index (χ0n) is 19.8. The van der Waals surface area contributed by atoms with Crippen LogP contribution in [0.1, 0.15) is 40.4 Å². The van der Waals surface area contributed by atoms with Crippen LogP contribution in [-0.2, 0) is 6.18 Å². The Balaban J connectivity index is 1.59. The number of aromatic nitrogens is 2. The Kier molecular flexibility index (Phi) is 7.59. The van der Waals surface area contributed by atoms with Crippen LogP contribution in [-0.4, -0.2) is 46.5 Å². The first-order valence-corrected chi connectivity index (χ1v) is 11.4. The minimum atomic E-state index is -4.64. The zero-order chi connectivity index (χ0) is 26.6. The van der Waals surface area contributed by atoms with Crippen LogP contribution in [0.2, 0.25) is 0 Å². The normalized spacial score (nSPS) is 15.6. The van der Waals surface area contributed by atoms with Crippen molar-refractivity contribution in [3.05, 3.63) is 76.9 Å². The number of amides is 1. The van der Waals surface area contributed by atoms with Crippen molar-refractivity contribution in [1.29, 1.82) is 0 Å². The molecule has 2 aromatic carbocycles. The van der Waals surface area contributed by atoms with Crippen LogP contribution in [0.4, 0.5) is 29.2 Å². The van der Waals surface area contributed by atoms with E-state index in [2.05, 4.69) is 32.0 Å². The average molecular weight is 513 g/mol. The number of halogens is 4. The molecule has 1 amide bonds. The molecule has 1 fully saturated rings. The Hall–Kier alpha value is -4.17. The first-order chi connectivity index (χ1) is 17.6. The molecule has 0 aliphatic carbocycles. The Morgan fingerprint density at radius 1 is 1.16 bits per heavy atom. The van der Waals surface area contributed by atoms with Crippen molar-refractivity contribution >= 4 is 17.5 Å². The minimum absolute atomic E-state index is 0.0732. The summed E-state index contributed by atoms with van der Waals surface area (Å²) in [7, 11) is 0. The van der Waals surface area contributed by atoms with Crippen LogP contribution in [0.15, 0.2) is 48.8 Å². The van der Waals surface area contributed by atoms with E-state index in [-0.39, 0.29) is 29.1 Å². The molecule has 1 aromatic heterocycles. The monoisotopic (exact) mass is 513 g/mol. The van der Waals surface area contributed by atoms with E-state index in [9.17, 15) is 22.4 Å². The van der Waals surface area contributed by atoms with Crippen molar-refractivity contribution in [2.45, 2.75) is 25.6 Å². The highest BCUT2D eigenvalue weighted by Crippen LogP contribution is 2.36. The van der Waals surface area contributed by atoms with E-state index in [1.54, 1.807) is 0 Å². The number of likely N-dealkylation sites (N-methyl/N-ethyl adjacent to an activating group) is 1. The maximum Gasteiger partial charge on any atom is 0.416 e. The van der Waals surface area contributed by atoms with Gasteiger partial charge in [0.15, 0.2) is 0 Å². The Labute approximate surface area is 210 Å². The molecule has 1 atom stereocenters. The lowest BCUT2D eigenvalue weighted by Crippen LogP contribution is -2.25. The molecule has 0 unspecified atom stereocenters. The van der Waals surface area contributed by atoms with Gasteiger partial charge in [0.25, 0.3) is 5.91 Å². The van der Waals surface area contributed by atoms with E-state index >= 15 is 0 Å². The van der Waals surface area contributed by atoms with Gasteiger partial charge in [-0.25, -0.2) is 14.4 Å². The van der Waals surface area contributed by atoms with E-state index in [1.165, 1.54) is 30.6 Å². The van der Waals surface area contributed by atoms with Crippen LogP contribution in [0.25, 0.3) is 0 Å². The van der Waals surface area contributed by atoms with Crippen molar-refractivity contribution in [3.63, 3.8) is 0 Å². The fraction of sp³-hybridized carbons (Fsp3) is 0.269. The summed E-state index contributed by atoms with van der Waals surface area (Å²) in [4.78, 5) is 22.8. The molecule has 4 rings (SSSR count). The second-order valence-corrected chi connectivity index (χ2v) is 8.36. The SMILES string of the molecule is CCN1CC[C@H](Oc2ccc(C(F)(F)F)cc2NC(=O)c2cc(C#Cc3cnc(N)nc3)ccc2F)C1. The molecule has 0 radical (unpaired) electrons. The number of carbonyl (C=O) groups excluding carboxylic acids is 1. The summed E-state index contributed by atoms with van der Waals surface area (Å²) in [6.07, 6.45) is -1.38. The van der Waals surface area contributed by atoms with Gasteiger partial charge in [-0.3, -0.25) is 9.69 Å². The molecule has 0 bridgehead atoms. The van der Waals surface area contributed by atoms with Crippen molar-refractivity contribution in [2.24, 2.45) is 0 Å². The highest BCUT2D eigenvalue weighted by atomic mass is 19.4. The fourth-order valence-corrected chi connectivity index (χ4v) is 3.78. The quantitative estimate of drug-likeness (QED) is 0.390. The second-order valence-electron chi connectivity index (χ2n) is 8.36. The number of alkyl halides is 3. The summed E-state index contributed by atoms with van der Waals surface area (Å²) in [5, 5.41) is 2.39. The number of hydrogen-bond donors (Lipinski definition) is 2. The van der Waals surface area contributed by atoms with E-state index in [0.717, 1.165) is 31.3 Å². The molecule has 1 aliphatic heterocycles. The van der Waals surface area contributed by atoms with E-state index in [0.29, 0.717) is 24.1 Å². The molecule has 3 N–H and O–H groups in total. The van der Waals surface area contributed by atoms with Gasteiger partial charge >= 0.3 is 6.18 Å². The number of benzene rings is 2. The molecule has 0 spiro atoms.